The SMILES string of the molecule is CCc1[nH]c(=S)[nH]c1C(=O)C(C)c1ccccn1. The number of hydrogen-bond donors (Lipinski definition) is 2. The maximum atomic E-state index is 12.4. The lowest BCUT2D eigenvalue weighted by atomic mass is 9.98. The highest BCUT2D eigenvalue weighted by molar-refractivity contribution is 7.71. The molecule has 2 heterocycles. The van der Waals surface area contributed by atoms with Crippen molar-refractivity contribution < 1.29 is 4.79 Å². The number of imidazole rings is 1. The van der Waals surface area contributed by atoms with Crippen LogP contribution < -0.4 is 0 Å². The van der Waals surface area contributed by atoms with E-state index in [0.29, 0.717) is 10.5 Å². The Morgan fingerprint density at radius 3 is 2.83 bits per heavy atom. The van der Waals surface area contributed by atoms with E-state index in [4.69, 9.17) is 12.2 Å². The van der Waals surface area contributed by atoms with Crippen LogP contribution in [0.25, 0.3) is 0 Å². The average molecular weight is 261 g/mol. The molecule has 2 aromatic rings. The van der Waals surface area contributed by atoms with Crippen LogP contribution in [-0.2, 0) is 6.42 Å². The lowest BCUT2D eigenvalue weighted by Crippen LogP contribution is -2.13. The van der Waals surface area contributed by atoms with Crippen molar-refractivity contribution in [1.82, 2.24) is 15.0 Å². The van der Waals surface area contributed by atoms with Gasteiger partial charge in [0.05, 0.1) is 11.6 Å². The van der Waals surface area contributed by atoms with Gasteiger partial charge in [-0.15, -0.1) is 0 Å². The number of ketones is 1. The molecule has 0 aliphatic heterocycles. The Balaban J connectivity index is 2.34. The van der Waals surface area contributed by atoms with E-state index in [1.165, 1.54) is 0 Å². The summed E-state index contributed by atoms with van der Waals surface area (Å²) in [5, 5.41) is 0. The number of Topliss-reactive ketones (excluding diaryl/α,β-unsaturated/α-hetero) is 1. The van der Waals surface area contributed by atoms with Crippen LogP contribution >= 0.6 is 12.2 Å². The van der Waals surface area contributed by atoms with Gasteiger partial charge in [-0.2, -0.15) is 0 Å². The first-order valence-electron chi connectivity index (χ1n) is 5.89. The minimum Gasteiger partial charge on any atom is -0.334 e. The average Bonchev–Trinajstić information content (AvgIpc) is 2.79. The smallest absolute Gasteiger partial charge is 0.189 e. The van der Waals surface area contributed by atoms with Gasteiger partial charge >= 0.3 is 0 Å². The van der Waals surface area contributed by atoms with Crippen LogP contribution in [-0.4, -0.2) is 20.7 Å². The number of rotatable bonds is 4. The largest absolute Gasteiger partial charge is 0.334 e. The van der Waals surface area contributed by atoms with Gasteiger partial charge in [0.1, 0.15) is 5.69 Å². The highest BCUT2D eigenvalue weighted by Gasteiger charge is 2.22. The molecular weight excluding hydrogens is 246 g/mol. The minimum absolute atomic E-state index is 0.0119. The molecular formula is C13H15N3OS. The summed E-state index contributed by atoms with van der Waals surface area (Å²) < 4.78 is 0.489. The number of nitrogens with zero attached hydrogens (tertiary/aromatic N) is 1. The van der Waals surface area contributed by atoms with E-state index in [2.05, 4.69) is 15.0 Å². The molecule has 94 valence electrons. The van der Waals surface area contributed by atoms with Gasteiger partial charge in [0.15, 0.2) is 10.6 Å². The zero-order chi connectivity index (χ0) is 13.1. The molecule has 0 saturated heterocycles. The van der Waals surface area contributed by atoms with Gasteiger partial charge in [-0.3, -0.25) is 9.78 Å². The summed E-state index contributed by atoms with van der Waals surface area (Å²) in [4.78, 5) is 22.5. The van der Waals surface area contributed by atoms with Gasteiger partial charge in [-0.05, 0) is 37.7 Å². The summed E-state index contributed by atoms with van der Waals surface area (Å²) in [7, 11) is 0. The van der Waals surface area contributed by atoms with E-state index in [0.717, 1.165) is 17.8 Å². The van der Waals surface area contributed by atoms with Crippen molar-refractivity contribution in [1.29, 1.82) is 0 Å². The molecule has 0 radical (unpaired) electrons. The quantitative estimate of drug-likeness (QED) is 0.657. The second-order valence-corrected chi connectivity index (χ2v) is 4.54. The molecule has 0 fully saturated rings. The number of pyridine rings is 1. The van der Waals surface area contributed by atoms with Gasteiger partial charge in [0.25, 0.3) is 0 Å². The second kappa shape index (κ2) is 5.27. The molecule has 1 atom stereocenters. The van der Waals surface area contributed by atoms with Gasteiger partial charge in [0, 0.05) is 11.9 Å². The van der Waals surface area contributed by atoms with Crippen LogP contribution in [0.3, 0.4) is 0 Å². The van der Waals surface area contributed by atoms with Crippen molar-refractivity contribution in [2.75, 3.05) is 0 Å². The highest BCUT2D eigenvalue weighted by Crippen LogP contribution is 2.19. The van der Waals surface area contributed by atoms with Crippen molar-refractivity contribution >= 4 is 18.0 Å². The maximum absolute atomic E-state index is 12.4. The molecule has 2 rings (SSSR count). The molecule has 2 aromatic heterocycles. The topological polar surface area (TPSA) is 61.5 Å². The monoisotopic (exact) mass is 261 g/mol. The summed E-state index contributed by atoms with van der Waals surface area (Å²) in [5.41, 5.74) is 2.19. The molecule has 2 N–H and O–H groups in total. The third kappa shape index (κ3) is 2.41. The lowest BCUT2D eigenvalue weighted by molar-refractivity contribution is 0.0959. The van der Waals surface area contributed by atoms with Crippen molar-refractivity contribution in [2.24, 2.45) is 0 Å². The number of aromatic amines is 2. The Labute approximate surface area is 110 Å². The molecule has 4 nitrogen and oxygen atoms in total. The van der Waals surface area contributed by atoms with E-state index in [9.17, 15) is 4.79 Å². The van der Waals surface area contributed by atoms with Gasteiger partial charge in [0.2, 0.25) is 0 Å². The van der Waals surface area contributed by atoms with Gasteiger partial charge < -0.3 is 9.97 Å². The van der Waals surface area contributed by atoms with E-state index >= 15 is 0 Å². The Bertz CT molecular complexity index is 600. The molecule has 0 bridgehead atoms. The minimum atomic E-state index is -0.280. The standard InChI is InChI=1S/C13H15N3OS/c1-3-9-11(16-13(18)15-9)12(17)8(2)10-6-4-5-7-14-10/h4-8H,3H2,1-2H3,(H2,15,16,18). The molecule has 0 aromatic carbocycles. The van der Waals surface area contributed by atoms with Crippen LogP contribution in [0.4, 0.5) is 0 Å². The number of aryl methyl sites for hydroxylation is 1. The molecule has 5 heteroatoms. The first kappa shape index (κ1) is 12.7. The van der Waals surface area contributed by atoms with E-state index in [1.807, 2.05) is 32.0 Å². The summed E-state index contributed by atoms with van der Waals surface area (Å²) >= 11 is 5.03. The number of carbonyl (C=O) groups is 1. The fourth-order valence-corrected chi connectivity index (χ4v) is 2.10. The van der Waals surface area contributed by atoms with Crippen LogP contribution in [0, 0.1) is 4.77 Å². The summed E-state index contributed by atoms with van der Waals surface area (Å²) in [5.74, 6) is -0.268. The molecule has 1 unspecified atom stereocenters. The second-order valence-electron chi connectivity index (χ2n) is 4.13. The van der Waals surface area contributed by atoms with E-state index < -0.39 is 0 Å². The number of aromatic nitrogens is 3. The van der Waals surface area contributed by atoms with Crippen LogP contribution in [0.5, 0.6) is 0 Å². The number of nitrogens with one attached hydrogen (secondary N) is 2. The van der Waals surface area contributed by atoms with Crippen molar-refractivity contribution in [3.05, 3.63) is 46.2 Å². The maximum Gasteiger partial charge on any atom is 0.189 e. The summed E-state index contributed by atoms with van der Waals surface area (Å²) in [6, 6.07) is 5.57. The Morgan fingerprint density at radius 1 is 1.44 bits per heavy atom. The van der Waals surface area contributed by atoms with Crippen molar-refractivity contribution in [2.45, 2.75) is 26.2 Å². The van der Waals surface area contributed by atoms with E-state index in [-0.39, 0.29) is 11.7 Å². The van der Waals surface area contributed by atoms with Crippen molar-refractivity contribution in [3.63, 3.8) is 0 Å². The Kier molecular flexibility index (Phi) is 3.72. The summed E-state index contributed by atoms with van der Waals surface area (Å²) in [6.45, 7) is 3.84. The fraction of sp³-hybridized carbons (Fsp3) is 0.308. The van der Waals surface area contributed by atoms with Gasteiger partial charge in [-0.25, -0.2) is 0 Å². The van der Waals surface area contributed by atoms with E-state index in [1.54, 1.807) is 6.20 Å². The number of carbonyl (C=O) groups excluding carboxylic acids is 1. The zero-order valence-corrected chi connectivity index (χ0v) is 11.2. The number of H-pyrrole nitrogens is 2. The number of hydrogen-bond acceptors (Lipinski definition) is 3. The third-order valence-corrected chi connectivity index (χ3v) is 3.13. The molecule has 0 amide bonds. The third-order valence-electron chi connectivity index (χ3n) is 2.93. The molecule has 0 aliphatic carbocycles. The first-order valence-corrected chi connectivity index (χ1v) is 6.30. The Morgan fingerprint density at radius 2 is 2.22 bits per heavy atom. The summed E-state index contributed by atoms with van der Waals surface area (Å²) in [6.07, 6.45) is 2.43. The van der Waals surface area contributed by atoms with Crippen molar-refractivity contribution in [3.8, 4) is 0 Å². The van der Waals surface area contributed by atoms with Crippen LogP contribution in [0.2, 0.25) is 0 Å². The molecule has 0 spiro atoms. The van der Waals surface area contributed by atoms with Crippen LogP contribution in [0.15, 0.2) is 24.4 Å². The van der Waals surface area contributed by atoms with Crippen LogP contribution in [0.1, 0.15) is 41.6 Å². The highest BCUT2D eigenvalue weighted by atomic mass is 32.1. The van der Waals surface area contributed by atoms with Gasteiger partial charge in [-0.1, -0.05) is 13.0 Å². The molecule has 18 heavy (non-hydrogen) atoms. The molecule has 0 aliphatic rings. The normalized spacial score (nSPS) is 12.3. The first-order chi connectivity index (χ1) is 8.63. The Hall–Kier alpha value is -1.75. The predicted molar refractivity (Wildman–Crippen MR) is 72.3 cm³/mol. The zero-order valence-electron chi connectivity index (χ0n) is 10.4. The molecule has 0 saturated carbocycles. The fourth-order valence-electron chi connectivity index (χ4n) is 1.88. The predicted octanol–water partition coefficient (Wildman–Crippen LogP) is 3.02. The lowest BCUT2D eigenvalue weighted by Gasteiger charge is -2.09.